The first-order chi connectivity index (χ1) is 7.25. The van der Waals surface area contributed by atoms with E-state index in [-0.39, 0.29) is 12.4 Å². The Morgan fingerprint density at radius 3 is 3.00 bits per heavy atom. The van der Waals surface area contributed by atoms with Crippen LogP contribution in [0.2, 0.25) is 5.02 Å². The molecule has 1 aromatic heterocycles. The van der Waals surface area contributed by atoms with Gasteiger partial charge in [0.25, 0.3) is 0 Å². The van der Waals surface area contributed by atoms with Crippen LogP contribution < -0.4 is 4.74 Å². The maximum Gasteiger partial charge on any atom is 0.166 e. The van der Waals surface area contributed by atoms with Gasteiger partial charge in [-0.05, 0) is 18.2 Å². The summed E-state index contributed by atoms with van der Waals surface area (Å²) in [5.41, 5.74) is 2.49. The molecule has 2 aromatic rings. The number of hydrogen-bond acceptors (Lipinski definition) is 3. The second-order valence-corrected chi connectivity index (χ2v) is 4.00. The lowest BCUT2D eigenvalue weighted by atomic mass is 10.3. The fourth-order valence-corrected chi connectivity index (χ4v) is 1.75. The van der Waals surface area contributed by atoms with Gasteiger partial charge in [0.15, 0.2) is 11.6 Å². The highest BCUT2D eigenvalue weighted by molar-refractivity contribution is 7.07. The second kappa shape index (κ2) is 4.59. The van der Waals surface area contributed by atoms with Crippen LogP contribution in [0.4, 0.5) is 4.39 Å². The highest BCUT2D eigenvalue weighted by Crippen LogP contribution is 2.21. The molecule has 2 nitrogen and oxygen atoms in total. The van der Waals surface area contributed by atoms with E-state index in [1.54, 1.807) is 11.6 Å². The summed E-state index contributed by atoms with van der Waals surface area (Å²) in [6, 6.07) is 4.31. The van der Waals surface area contributed by atoms with E-state index in [1.807, 2.05) is 5.38 Å². The molecule has 78 valence electrons. The van der Waals surface area contributed by atoms with Crippen LogP contribution >= 0.6 is 22.9 Å². The van der Waals surface area contributed by atoms with Crippen LogP contribution in [0.1, 0.15) is 5.69 Å². The Morgan fingerprint density at radius 2 is 2.33 bits per heavy atom. The predicted molar refractivity (Wildman–Crippen MR) is 57.9 cm³/mol. The maximum atomic E-state index is 13.3. The zero-order chi connectivity index (χ0) is 10.7. The van der Waals surface area contributed by atoms with Gasteiger partial charge in [-0.25, -0.2) is 9.37 Å². The molecule has 0 amide bonds. The number of benzene rings is 1. The molecule has 0 radical (unpaired) electrons. The van der Waals surface area contributed by atoms with Gasteiger partial charge in [0.2, 0.25) is 0 Å². The SMILES string of the molecule is Fc1cc(Cl)ccc1OCc1cscn1. The molecule has 0 aliphatic carbocycles. The molecule has 5 heteroatoms. The average molecular weight is 244 g/mol. The number of rotatable bonds is 3. The number of nitrogens with zero attached hydrogens (tertiary/aromatic N) is 1. The molecule has 0 aliphatic rings. The Kier molecular flexibility index (Phi) is 3.18. The highest BCUT2D eigenvalue weighted by atomic mass is 35.5. The maximum absolute atomic E-state index is 13.3. The van der Waals surface area contributed by atoms with Crippen LogP contribution in [0.3, 0.4) is 0 Å². The van der Waals surface area contributed by atoms with Gasteiger partial charge >= 0.3 is 0 Å². The molecule has 0 bridgehead atoms. The molecule has 0 fully saturated rings. The van der Waals surface area contributed by atoms with E-state index in [0.717, 1.165) is 5.69 Å². The van der Waals surface area contributed by atoms with Crippen molar-refractivity contribution in [1.29, 1.82) is 0 Å². The van der Waals surface area contributed by atoms with Crippen molar-refractivity contribution in [2.75, 3.05) is 0 Å². The van der Waals surface area contributed by atoms with Crippen molar-refractivity contribution in [2.24, 2.45) is 0 Å². The van der Waals surface area contributed by atoms with Gasteiger partial charge in [-0.1, -0.05) is 11.6 Å². The Morgan fingerprint density at radius 1 is 1.47 bits per heavy atom. The van der Waals surface area contributed by atoms with Crippen molar-refractivity contribution >= 4 is 22.9 Å². The van der Waals surface area contributed by atoms with E-state index < -0.39 is 5.82 Å². The van der Waals surface area contributed by atoms with Gasteiger partial charge in [-0.15, -0.1) is 11.3 Å². The number of aromatic nitrogens is 1. The first kappa shape index (κ1) is 10.4. The molecular formula is C10H7ClFNOS. The lowest BCUT2D eigenvalue weighted by molar-refractivity contribution is 0.286. The summed E-state index contributed by atoms with van der Waals surface area (Å²) >= 11 is 7.09. The van der Waals surface area contributed by atoms with E-state index in [4.69, 9.17) is 16.3 Å². The van der Waals surface area contributed by atoms with Crippen molar-refractivity contribution in [3.8, 4) is 5.75 Å². The number of hydrogen-bond donors (Lipinski definition) is 0. The van der Waals surface area contributed by atoms with E-state index in [9.17, 15) is 4.39 Å². The van der Waals surface area contributed by atoms with Gasteiger partial charge in [-0.2, -0.15) is 0 Å². The fourth-order valence-electron chi connectivity index (χ4n) is 1.05. The predicted octanol–water partition coefficient (Wildman–Crippen LogP) is 3.51. The molecule has 0 atom stereocenters. The van der Waals surface area contributed by atoms with Gasteiger partial charge in [0.05, 0.1) is 11.2 Å². The van der Waals surface area contributed by atoms with E-state index in [2.05, 4.69) is 4.98 Å². The molecule has 0 unspecified atom stereocenters. The largest absolute Gasteiger partial charge is 0.484 e. The minimum Gasteiger partial charge on any atom is -0.484 e. The number of halogens is 2. The summed E-state index contributed by atoms with van der Waals surface area (Å²) in [5.74, 6) is -0.273. The molecule has 0 N–H and O–H groups in total. The molecule has 1 heterocycles. The molecule has 2 rings (SSSR count). The first-order valence-electron chi connectivity index (χ1n) is 4.20. The fraction of sp³-hybridized carbons (Fsp3) is 0.100. The summed E-state index contributed by atoms with van der Waals surface area (Å²) in [4.78, 5) is 4.02. The molecule has 0 saturated carbocycles. The Bertz CT molecular complexity index is 447. The minimum absolute atomic E-state index is 0.187. The van der Waals surface area contributed by atoms with Gasteiger partial charge in [0.1, 0.15) is 6.61 Å². The van der Waals surface area contributed by atoms with Crippen LogP contribution in [-0.4, -0.2) is 4.98 Å². The molecule has 0 spiro atoms. The van der Waals surface area contributed by atoms with Gasteiger partial charge < -0.3 is 4.74 Å². The van der Waals surface area contributed by atoms with Crippen LogP contribution in [0.15, 0.2) is 29.1 Å². The molecular weight excluding hydrogens is 237 g/mol. The van der Waals surface area contributed by atoms with Crippen molar-refractivity contribution in [1.82, 2.24) is 4.98 Å². The third-order valence-corrected chi connectivity index (χ3v) is 2.62. The van der Waals surface area contributed by atoms with E-state index in [0.29, 0.717) is 5.02 Å². The molecule has 1 aromatic carbocycles. The lowest BCUT2D eigenvalue weighted by Gasteiger charge is -2.05. The lowest BCUT2D eigenvalue weighted by Crippen LogP contribution is -1.97. The zero-order valence-corrected chi connectivity index (χ0v) is 9.19. The monoisotopic (exact) mass is 243 g/mol. The van der Waals surface area contributed by atoms with E-state index >= 15 is 0 Å². The van der Waals surface area contributed by atoms with E-state index in [1.165, 1.54) is 23.5 Å². The molecule has 15 heavy (non-hydrogen) atoms. The van der Waals surface area contributed by atoms with Crippen molar-refractivity contribution in [3.05, 3.63) is 45.6 Å². The minimum atomic E-state index is -0.460. The molecule has 0 saturated heterocycles. The highest BCUT2D eigenvalue weighted by Gasteiger charge is 2.04. The van der Waals surface area contributed by atoms with Crippen LogP contribution in [0.5, 0.6) is 5.75 Å². The standard InChI is InChI=1S/C10H7ClFNOS/c11-7-1-2-10(9(12)3-7)14-4-8-5-15-6-13-8/h1-3,5-6H,4H2. The zero-order valence-electron chi connectivity index (χ0n) is 7.61. The van der Waals surface area contributed by atoms with Crippen molar-refractivity contribution < 1.29 is 9.13 Å². The van der Waals surface area contributed by atoms with Crippen LogP contribution in [0, 0.1) is 5.82 Å². The molecule has 0 aliphatic heterocycles. The average Bonchev–Trinajstić information content (AvgIpc) is 2.69. The van der Waals surface area contributed by atoms with Crippen molar-refractivity contribution in [2.45, 2.75) is 6.61 Å². The second-order valence-electron chi connectivity index (χ2n) is 2.84. The summed E-state index contributed by atoms with van der Waals surface area (Å²) in [6.45, 7) is 0.266. The van der Waals surface area contributed by atoms with Crippen molar-refractivity contribution in [3.63, 3.8) is 0 Å². The number of ether oxygens (including phenoxy) is 1. The number of thiazole rings is 1. The summed E-state index contributed by atoms with van der Waals surface area (Å²) in [5, 5.41) is 2.21. The summed E-state index contributed by atoms with van der Waals surface area (Å²) in [6.07, 6.45) is 0. The third kappa shape index (κ3) is 2.67. The summed E-state index contributed by atoms with van der Waals surface area (Å²) in [7, 11) is 0. The topological polar surface area (TPSA) is 22.1 Å². The smallest absolute Gasteiger partial charge is 0.166 e. The third-order valence-electron chi connectivity index (χ3n) is 1.75. The summed E-state index contributed by atoms with van der Waals surface area (Å²) < 4.78 is 18.5. The Balaban J connectivity index is 2.05. The quantitative estimate of drug-likeness (QED) is 0.823. The normalized spacial score (nSPS) is 10.3. The van der Waals surface area contributed by atoms with Crippen LogP contribution in [-0.2, 0) is 6.61 Å². The Hall–Kier alpha value is -1.13. The Labute approximate surface area is 95.3 Å². The van der Waals surface area contributed by atoms with Crippen LogP contribution in [0.25, 0.3) is 0 Å². The van der Waals surface area contributed by atoms with Gasteiger partial charge in [-0.3, -0.25) is 0 Å². The first-order valence-corrected chi connectivity index (χ1v) is 5.53. The van der Waals surface area contributed by atoms with Gasteiger partial charge in [0, 0.05) is 10.4 Å².